The standard InChI is InChI=1S/C17H21BClN3O2S/c1-11-7-12(21-16-20-8-14(19)15(22-16)25-4)5-6-13(11)18-23-9-17(2,3)10-24-18/h5-8H,9-10H2,1-4H3,(H,20,21,22). The van der Waals surface area contributed by atoms with E-state index in [-0.39, 0.29) is 12.5 Å². The van der Waals surface area contributed by atoms with Gasteiger partial charge in [0.1, 0.15) is 5.03 Å². The van der Waals surface area contributed by atoms with Crippen molar-refractivity contribution in [2.45, 2.75) is 25.8 Å². The lowest BCUT2D eigenvalue weighted by Crippen LogP contribution is -2.48. The lowest BCUT2D eigenvalue weighted by molar-refractivity contribution is 0.0342. The van der Waals surface area contributed by atoms with Crippen molar-refractivity contribution in [3.8, 4) is 0 Å². The minimum Gasteiger partial charge on any atom is -0.407 e. The van der Waals surface area contributed by atoms with Crippen molar-refractivity contribution in [3.05, 3.63) is 35.0 Å². The van der Waals surface area contributed by atoms with Crippen molar-refractivity contribution in [2.75, 3.05) is 24.8 Å². The van der Waals surface area contributed by atoms with Crippen molar-refractivity contribution < 1.29 is 9.31 Å². The van der Waals surface area contributed by atoms with Gasteiger partial charge in [0.05, 0.1) is 11.2 Å². The zero-order valence-electron chi connectivity index (χ0n) is 14.8. The Morgan fingerprint density at radius 1 is 1.28 bits per heavy atom. The molecule has 1 aromatic heterocycles. The highest BCUT2D eigenvalue weighted by atomic mass is 35.5. The molecule has 0 aliphatic carbocycles. The molecule has 0 radical (unpaired) electrons. The second-order valence-corrected chi connectivity index (χ2v) is 8.07. The zero-order valence-corrected chi connectivity index (χ0v) is 16.4. The largest absolute Gasteiger partial charge is 0.494 e. The summed E-state index contributed by atoms with van der Waals surface area (Å²) in [5, 5.41) is 4.52. The highest BCUT2D eigenvalue weighted by Gasteiger charge is 2.34. The topological polar surface area (TPSA) is 56.3 Å². The molecular formula is C17H21BClN3O2S. The van der Waals surface area contributed by atoms with E-state index in [0.717, 1.165) is 21.7 Å². The van der Waals surface area contributed by atoms with E-state index in [4.69, 9.17) is 20.9 Å². The molecular weight excluding hydrogens is 357 g/mol. The first kappa shape index (κ1) is 18.5. The number of anilines is 2. The third kappa shape index (κ3) is 4.47. The quantitative estimate of drug-likeness (QED) is 0.498. The van der Waals surface area contributed by atoms with Crippen LogP contribution >= 0.6 is 23.4 Å². The fourth-order valence-electron chi connectivity index (χ4n) is 2.57. The van der Waals surface area contributed by atoms with Gasteiger partial charge in [0.25, 0.3) is 0 Å². The Labute approximate surface area is 158 Å². The van der Waals surface area contributed by atoms with Crippen LogP contribution in [0.2, 0.25) is 5.02 Å². The summed E-state index contributed by atoms with van der Waals surface area (Å²) in [6.45, 7) is 7.69. The summed E-state index contributed by atoms with van der Waals surface area (Å²) in [5.41, 5.74) is 3.11. The van der Waals surface area contributed by atoms with Gasteiger partial charge in [-0.1, -0.05) is 31.5 Å². The lowest BCUT2D eigenvalue weighted by atomic mass is 9.73. The Morgan fingerprint density at radius 2 is 2.00 bits per heavy atom. The average Bonchev–Trinajstić information content (AvgIpc) is 2.57. The maximum absolute atomic E-state index is 6.05. The van der Waals surface area contributed by atoms with Crippen LogP contribution in [-0.4, -0.2) is 36.6 Å². The molecule has 0 spiro atoms. The Morgan fingerprint density at radius 3 is 2.64 bits per heavy atom. The molecule has 5 nitrogen and oxygen atoms in total. The Balaban J connectivity index is 1.74. The Hall–Kier alpha value is -1.28. The molecule has 1 fully saturated rings. The fraction of sp³-hybridized carbons (Fsp3) is 0.412. The second kappa shape index (κ2) is 7.54. The summed E-state index contributed by atoms with van der Waals surface area (Å²) >= 11 is 7.54. The van der Waals surface area contributed by atoms with Crippen LogP contribution in [0.1, 0.15) is 19.4 Å². The molecule has 132 valence electrons. The number of hydrogen-bond donors (Lipinski definition) is 1. The van der Waals surface area contributed by atoms with E-state index in [2.05, 4.69) is 29.1 Å². The molecule has 0 bridgehead atoms. The number of nitrogens with zero attached hydrogens (tertiary/aromatic N) is 2. The maximum Gasteiger partial charge on any atom is 0.494 e. The van der Waals surface area contributed by atoms with Crippen molar-refractivity contribution in [2.24, 2.45) is 5.41 Å². The summed E-state index contributed by atoms with van der Waals surface area (Å²) < 4.78 is 11.8. The smallest absolute Gasteiger partial charge is 0.407 e. The average molecular weight is 378 g/mol. The third-order valence-corrected chi connectivity index (χ3v) is 5.02. The van der Waals surface area contributed by atoms with E-state index in [1.807, 2.05) is 31.4 Å². The molecule has 25 heavy (non-hydrogen) atoms. The van der Waals surface area contributed by atoms with E-state index in [1.54, 1.807) is 6.20 Å². The molecule has 0 atom stereocenters. The van der Waals surface area contributed by atoms with Crippen LogP contribution in [0, 0.1) is 12.3 Å². The number of rotatable bonds is 4. The van der Waals surface area contributed by atoms with E-state index in [1.165, 1.54) is 11.8 Å². The molecule has 0 unspecified atom stereocenters. The number of benzene rings is 1. The molecule has 0 saturated carbocycles. The molecule has 1 saturated heterocycles. The highest BCUT2D eigenvalue weighted by molar-refractivity contribution is 7.98. The van der Waals surface area contributed by atoms with Crippen LogP contribution in [0.3, 0.4) is 0 Å². The van der Waals surface area contributed by atoms with Gasteiger partial charge >= 0.3 is 7.12 Å². The van der Waals surface area contributed by atoms with Crippen LogP contribution in [0.5, 0.6) is 0 Å². The first-order chi connectivity index (χ1) is 11.9. The summed E-state index contributed by atoms with van der Waals surface area (Å²) in [6.07, 6.45) is 3.54. The number of aryl methyl sites for hydroxylation is 1. The van der Waals surface area contributed by atoms with Crippen molar-refractivity contribution in [1.82, 2.24) is 9.97 Å². The Kier molecular flexibility index (Phi) is 5.58. The monoisotopic (exact) mass is 377 g/mol. The number of aromatic nitrogens is 2. The van der Waals surface area contributed by atoms with Crippen LogP contribution in [0.25, 0.3) is 0 Å². The summed E-state index contributed by atoms with van der Waals surface area (Å²) in [5.74, 6) is 0.521. The Bertz CT molecular complexity index is 766. The SMILES string of the molecule is CSc1nc(Nc2ccc(B3OCC(C)(C)CO3)c(C)c2)ncc1Cl. The molecule has 2 heterocycles. The molecule has 0 amide bonds. The number of nitrogens with one attached hydrogen (secondary N) is 1. The van der Waals surface area contributed by atoms with Gasteiger partial charge in [0, 0.05) is 24.3 Å². The number of thioether (sulfide) groups is 1. The predicted molar refractivity (Wildman–Crippen MR) is 104 cm³/mol. The lowest BCUT2D eigenvalue weighted by Gasteiger charge is -2.33. The fourth-order valence-corrected chi connectivity index (χ4v) is 3.32. The van der Waals surface area contributed by atoms with Gasteiger partial charge in [-0.05, 0) is 36.3 Å². The van der Waals surface area contributed by atoms with Crippen LogP contribution in [0.15, 0.2) is 29.4 Å². The van der Waals surface area contributed by atoms with Gasteiger partial charge in [-0.25, -0.2) is 9.97 Å². The third-order valence-electron chi connectivity index (χ3n) is 3.94. The van der Waals surface area contributed by atoms with Crippen LogP contribution in [0.4, 0.5) is 11.6 Å². The summed E-state index contributed by atoms with van der Waals surface area (Å²) in [7, 11) is -0.308. The highest BCUT2D eigenvalue weighted by Crippen LogP contribution is 2.25. The van der Waals surface area contributed by atoms with E-state index in [9.17, 15) is 0 Å². The van der Waals surface area contributed by atoms with E-state index in [0.29, 0.717) is 24.2 Å². The minimum atomic E-state index is -0.308. The first-order valence-electron chi connectivity index (χ1n) is 8.05. The van der Waals surface area contributed by atoms with Crippen LogP contribution in [-0.2, 0) is 9.31 Å². The van der Waals surface area contributed by atoms with Crippen LogP contribution < -0.4 is 10.8 Å². The van der Waals surface area contributed by atoms with E-state index < -0.39 is 0 Å². The molecule has 3 rings (SSSR count). The van der Waals surface area contributed by atoms with Gasteiger partial charge in [-0.2, -0.15) is 0 Å². The van der Waals surface area contributed by atoms with Crippen molar-refractivity contribution in [1.29, 1.82) is 0 Å². The molecule has 2 aromatic rings. The van der Waals surface area contributed by atoms with Gasteiger partial charge in [-0.15, -0.1) is 11.8 Å². The molecule has 1 N–H and O–H groups in total. The minimum absolute atomic E-state index is 0.0623. The van der Waals surface area contributed by atoms with Gasteiger partial charge in [0.2, 0.25) is 5.95 Å². The van der Waals surface area contributed by atoms with Crippen molar-refractivity contribution in [3.63, 3.8) is 0 Å². The second-order valence-electron chi connectivity index (χ2n) is 6.87. The van der Waals surface area contributed by atoms with Gasteiger partial charge in [-0.3, -0.25) is 0 Å². The zero-order chi connectivity index (χ0) is 18.0. The molecule has 1 aromatic carbocycles. The van der Waals surface area contributed by atoms with Crippen molar-refractivity contribution >= 4 is 47.6 Å². The molecule has 8 heteroatoms. The number of halogens is 1. The molecule has 1 aliphatic rings. The van der Waals surface area contributed by atoms with Gasteiger partial charge < -0.3 is 14.6 Å². The summed E-state index contributed by atoms with van der Waals surface area (Å²) in [4.78, 5) is 8.63. The molecule has 1 aliphatic heterocycles. The summed E-state index contributed by atoms with van der Waals surface area (Å²) in [6, 6.07) is 6.04. The first-order valence-corrected chi connectivity index (χ1v) is 9.65. The maximum atomic E-state index is 6.05. The normalized spacial score (nSPS) is 16.8. The predicted octanol–water partition coefficient (Wildman–Crippen LogP) is 3.67. The van der Waals surface area contributed by atoms with E-state index >= 15 is 0 Å². The number of hydrogen-bond acceptors (Lipinski definition) is 6. The van der Waals surface area contributed by atoms with Gasteiger partial charge in [0.15, 0.2) is 0 Å².